The molecule has 1 aromatic rings. The minimum absolute atomic E-state index is 0.121. The molecule has 0 aromatic carbocycles. The predicted molar refractivity (Wildman–Crippen MR) is 64.8 cm³/mol. The average Bonchev–Trinajstić information content (AvgIpc) is 2.75. The van der Waals surface area contributed by atoms with Gasteiger partial charge in [0.25, 0.3) is 15.2 Å². The van der Waals surface area contributed by atoms with E-state index in [0.29, 0.717) is 25.6 Å². The molecule has 0 atom stereocenters. The number of methoxy groups -OCH3 is 2. The first-order chi connectivity index (χ1) is 9.00. The fourth-order valence-electron chi connectivity index (χ4n) is 1.35. The molecule has 10 heteroatoms. The van der Waals surface area contributed by atoms with Crippen molar-refractivity contribution in [2.75, 3.05) is 34.0 Å². The number of nitrogens with two attached hydrogens (primary N) is 1. The summed E-state index contributed by atoms with van der Waals surface area (Å²) in [5.74, 6) is 0.372. The largest absolute Gasteiger partial charge is 0.383 e. The second-order valence-electron chi connectivity index (χ2n) is 3.63. The van der Waals surface area contributed by atoms with Gasteiger partial charge in [0.1, 0.15) is 6.61 Å². The molecular formula is C9H18N4O5S. The van der Waals surface area contributed by atoms with E-state index in [1.807, 2.05) is 0 Å². The van der Waals surface area contributed by atoms with Crippen LogP contribution in [-0.2, 0) is 37.4 Å². The Bertz CT molecular complexity index is 487. The summed E-state index contributed by atoms with van der Waals surface area (Å²) in [7, 11) is -0.856. The van der Waals surface area contributed by atoms with Crippen molar-refractivity contribution in [1.82, 2.24) is 14.8 Å². The normalized spacial score (nSPS) is 11.9. The van der Waals surface area contributed by atoms with Crippen molar-refractivity contribution < 1.29 is 22.6 Å². The zero-order valence-corrected chi connectivity index (χ0v) is 11.7. The van der Waals surface area contributed by atoms with E-state index in [2.05, 4.69) is 10.2 Å². The molecule has 0 saturated carbocycles. The van der Waals surface area contributed by atoms with Gasteiger partial charge in [0.2, 0.25) is 0 Å². The average molecular weight is 294 g/mol. The van der Waals surface area contributed by atoms with E-state index in [-0.39, 0.29) is 18.3 Å². The molecule has 19 heavy (non-hydrogen) atoms. The van der Waals surface area contributed by atoms with Crippen molar-refractivity contribution in [3.63, 3.8) is 0 Å². The van der Waals surface area contributed by atoms with Crippen LogP contribution in [0, 0.1) is 0 Å². The van der Waals surface area contributed by atoms with E-state index in [9.17, 15) is 8.42 Å². The molecule has 9 nitrogen and oxygen atoms in total. The molecule has 0 aliphatic heterocycles. The predicted octanol–water partition coefficient (Wildman–Crippen LogP) is -1.27. The fourth-order valence-corrected chi connectivity index (χ4v) is 2.01. The van der Waals surface area contributed by atoms with Crippen LogP contribution in [0.15, 0.2) is 5.16 Å². The summed E-state index contributed by atoms with van der Waals surface area (Å²) in [5, 5.41) is 12.1. The van der Waals surface area contributed by atoms with Crippen molar-refractivity contribution >= 4 is 10.0 Å². The van der Waals surface area contributed by atoms with Gasteiger partial charge < -0.3 is 14.2 Å². The summed E-state index contributed by atoms with van der Waals surface area (Å²) in [5.41, 5.74) is 0. The second-order valence-corrected chi connectivity index (χ2v) is 5.09. The lowest BCUT2D eigenvalue weighted by molar-refractivity contribution is 0.0563. The summed E-state index contributed by atoms with van der Waals surface area (Å²) in [6.07, 6.45) is 0. The number of ether oxygens (including phenoxy) is 3. The third-order valence-electron chi connectivity index (χ3n) is 2.23. The molecule has 0 aliphatic rings. The van der Waals surface area contributed by atoms with Gasteiger partial charge in [-0.25, -0.2) is 13.6 Å². The monoisotopic (exact) mass is 294 g/mol. The highest BCUT2D eigenvalue weighted by atomic mass is 32.2. The van der Waals surface area contributed by atoms with Gasteiger partial charge in [-0.1, -0.05) is 0 Å². The maximum atomic E-state index is 11.4. The molecular weight excluding hydrogens is 276 g/mol. The van der Waals surface area contributed by atoms with Gasteiger partial charge >= 0.3 is 0 Å². The zero-order valence-electron chi connectivity index (χ0n) is 10.9. The quantitative estimate of drug-likeness (QED) is 0.564. The fraction of sp³-hybridized carbons (Fsp3) is 0.778. The number of hydrogen-bond acceptors (Lipinski definition) is 7. The molecule has 1 heterocycles. The van der Waals surface area contributed by atoms with Crippen LogP contribution < -0.4 is 5.14 Å². The minimum Gasteiger partial charge on any atom is -0.383 e. The summed E-state index contributed by atoms with van der Waals surface area (Å²) in [4.78, 5) is 0. The van der Waals surface area contributed by atoms with Crippen molar-refractivity contribution in [3.8, 4) is 0 Å². The van der Waals surface area contributed by atoms with Crippen LogP contribution in [0.2, 0.25) is 0 Å². The lowest BCUT2D eigenvalue weighted by Gasteiger charge is -2.08. The minimum atomic E-state index is -3.92. The Hall–Kier alpha value is -1.07. The summed E-state index contributed by atoms with van der Waals surface area (Å²) in [6.45, 7) is 1.52. The molecule has 0 bridgehead atoms. The number of primary sulfonamides is 1. The second kappa shape index (κ2) is 7.50. The Kier molecular flexibility index (Phi) is 6.31. The number of sulfonamides is 1. The lowest BCUT2D eigenvalue weighted by atomic mass is 10.5. The molecule has 0 amide bonds. The van der Waals surface area contributed by atoms with Gasteiger partial charge in [-0.15, -0.1) is 10.2 Å². The van der Waals surface area contributed by atoms with Crippen molar-refractivity contribution in [3.05, 3.63) is 5.82 Å². The topological polar surface area (TPSA) is 119 Å². The Balaban J connectivity index is 2.82. The molecule has 0 fully saturated rings. The summed E-state index contributed by atoms with van der Waals surface area (Å²) in [6, 6.07) is 0. The molecule has 110 valence electrons. The Morgan fingerprint density at radius 3 is 2.42 bits per heavy atom. The maximum absolute atomic E-state index is 11.4. The molecule has 1 rings (SSSR count). The number of nitrogens with zero attached hydrogens (tertiary/aromatic N) is 3. The highest BCUT2D eigenvalue weighted by Crippen LogP contribution is 2.08. The smallest absolute Gasteiger partial charge is 0.273 e. The van der Waals surface area contributed by atoms with E-state index >= 15 is 0 Å². The van der Waals surface area contributed by atoms with Crippen LogP contribution in [-0.4, -0.2) is 57.2 Å². The van der Waals surface area contributed by atoms with Gasteiger partial charge in [-0.3, -0.25) is 4.57 Å². The van der Waals surface area contributed by atoms with E-state index in [1.54, 1.807) is 7.11 Å². The van der Waals surface area contributed by atoms with Gasteiger partial charge in [0, 0.05) is 14.2 Å². The lowest BCUT2D eigenvalue weighted by Crippen LogP contribution is -2.21. The highest BCUT2D eigenvalue weighted by molar-refractivity contribution is 7.89. The zero-order chi connectivity index (χ0) is 14.3. The summed E-state index contributed by atoms with van der Waals surface area (Å²) < 4.78 is 39.1. The van der Waals surface area contributed by atoms with Crippen LogP contribution >= 0.6 is 0 Å². The van der Waals surface area contributed by atoms with Gasteiger partial charge in [-0.2, -0.15) is 0 Å². The number of rotatable bonds is 9. The van der Waals surface area contributed by atoms with Crippen molar-refractivity contribution in [2.24, 2.45) is 5.14 Å². The standard InChI is InChI=1S/C9H18N4O5S/c1-16-4-3-13-8(7-18-6-5-17-2)11-12-9(13)19(10,14)15/h3-7H2,1-2H3,(H2,10,14,15). The summed E-state index contributed by atoms with van der Waals surface area (Å²) >= 11 is 0. The number of aromatic nitrogens is 3. The van der Waals surface area contributed by atoms with Gasteiger partial charge in [0.05, 0.1) is 26.4 Å². The molecule has 2 N–H and O–H groups in total. The van der Waals surface area contributed by atoms with E-state index < -0.39 is 10.0 Å². The molecule has 0 saturated heterocycles. The molecule has 0 unspecified atom stereocenters. The van der Waals surface area contributed by atoms with E-state index in [0.717, 1.165) is 0 Å². The van der Waals surface area contributed by atoms with Crippen LogP contribution in [0.4, 0.5) is 0 Å². The SMILES string of the molecule is COCCOCc1nnc(S(N)(=O)=O)n1CCOC. The van der Waals surface area contributed by atoms with Crippen molar-refractivity contribution in [1.29, 1.82) is 0 Å². The molecule has 0 radical (unpaired) electrons. The van der Waals surface area contributed by atoms with Gasteiger partial charge in [-0.05, 0) is 0 Å². The number of hydrogen-bond donors (Lipinski definition) is 1. The van der Waals surface area contributed by atoms with Crippen LogP contribution in [0.3, 0.4) is 0 Å². The third kappa shape index (κ3) is 4.84. The third-order valence-corrected chi connectivity index (χ3v) is 3.04. The molecule has 1 aromatic heterocycles. The van der Waals surface area contributed by atoms with E-state index in [4.69, 9.17) is 19.3 Å². The van der Waals surface area contributed by atoms with E-state index in [1.165, 1.54) is 11.7 Å². The van der Waals surface area contributed by atoms with Gasteiger partial charge in [0.15, 0.2) is 5.82 Å². The van der Waals surface area contributed by atoms with Crippen LogP contribution in [0.5, 0.6) is 0 Å². The molecule has 0 spiro atoms. The highest BCUT2D eigenvalue weighted by Gasteiger charge is 2.20. The maximum Gasteiger partial charge on any atom is 0.273 e. The Morgan fingerprint density at radius 2 is 1.84 bits per heavy atom. The van der Waals surface area contributed by atoms with Crippen LogP contribution in [0.25, 0.3) is 0 Å². The first-order valence-corrected chi connectivity index (χ1v) is 7.05. The first-order valence-electron chi connectivity index (χ1n) is 5.51. The Morgan fingerprint density at radius 1 is 1.16 bits per heavy atom. The van der Waals surface area contributed by atoms with Crippen molar-refractivity contribution in [2.45, 2.75) is 18.3 Å². The van der Waals surface area contributed by atoms with Crippen LogP contribution in [0.1, 0.15) is 5.82 Å². The molecule has 0 aliphatic carbocycles. The Labute approximate surface area is 111 Å². The first kappa shape index (κ1) is 16.0.